The quantitative estimate of drug-likeness (QED) is 0.850. The molecule has 1 unspecified atom stereocenters. The van der Waals surface area contributed by atoms with Gasteiger partial charge in [-0.05, 0) is 18.9 Å². The first-order valence-corrected chi connectivity index (χ1v) is 8.77. The minimum atomic E-state index is -0.145. The molecular formula is C18H26FN3O2. The lowest BCUT2D eigenvalue weighted by atomic mass is 10.2. The summed E-state index contributed by atoms with van der Waals surface area (Å²) in [5.74, 6) is -0.0820. The summed E-state index contributed by atoms with van der Waals surface area (Å²) in [6.45, 7) is 5.87. The first kappa shape index (κ1) is 17.3. The number of halogens is 1. The van der Waals surface area contributed by atoms with E-state index in [4.69, 9.17) is 4.74 Å². The van der Waals surface area contributed by atoms with Crippen LogP contribution in [0, 0.1) is 5.82 Å². The van der Waals surface area contributed by atoms with Gasteiger partial charge < -0.3 is 10.1 Å². The van der Waals surface area contributed by atoms with Crippen molar-refractivity contribution < 1.29 is 13.9 Å². The number of nitrogens with one attached hydrogen (secondary N) is 1. The zero-order valence-electron chi connectivity index (χ0n) is 14.0. The third kappa shape index (κ3) is 5.00. The lowest BCUT2D eigenvalue weighted by Gasteiger charge is -2.34. The van der Waals surface area contributed by atoms with Crippen molar-refractivity contribution in [3.05, 3.63) is 35.6 Å². The Balaban J connectivity index is 1.35. The summed E-state index contributed by atoms with van der Waals surface area (Å²) in [7, 11) is 0. The van der Waals surface area contributed by atoms with Crippen LogP contribution in [0.15, 0.2) is 24.3 Å². The van der Waals surface area contributed by atoms with Crippen molar-refractivity contribution in [2.75, 3.05) is 45.9 Å². The average molecular weight is 335 g/mol. The van der Waals surface area contributed by atoms with E-state index in [9.17, 15) is 9.18 Å². The summed E-state index contributed by atoms with van der Waals surface area (Å²) >= 11 is 0. The van der Waals surface area contributed by atoms with Gasteiger partial charge in [-0.2, -0.15) is 0 Å². The fraction of sp³-hybridized carbons (Fsp3) is 0.611. The van der Waals surface area contributed by atoms with Crippen LogP contribution in [-0.4, -0.2) is 67.7 Å². The summed E-state index contributed by atoms with van der Waals surface area (Å²) in [6, 6.07) is 6.92. The van der Waals surface area contributed by atoms with E-state index in [0.29, 0.717) is 19.6 Å². The molecule has 2 saturated heterocycles. The minimum absolute atomic E-state index is 0.0630. The molecule has 2 heterocycles. The molecule has 1 aromatic carbocycles. The number of nitrogens with zero attached hydrogens (tertiary/aromatic N) is 2. The second-order valence-electron chi connectivity index (χ2n) is 6.58. The molecule has 6 heteroatoms. The van der Waals surface area contributed by atoms with E-state index in [2.05, 4.69) is 15.1 Å². The van der Waals surface area contributed by atoms with Gasteiger partial charge in [-0.25, -0.2) is 4.39 Å². The maximum atomic E-state index is 13.7. The van der Waals surface area contributed by atoms with Gasteiger partial charge in [0, 0.05) is 51.4 Å². The van der Waals surface area contributed by atoms with Crippen LogP contribution in [0.25, 0.3) is 0 Å². The van der Waals surface area contributed by atoms with Gasteiger partial charge in [0.05, 0.1) is 12.6 Å². The molecule has 0 aliphatic carbocycles. The van der Waals surface area contributed by atoms with Gasteiger partial charge in [-0.1, -0.05) is 18.2 Å². The molecule has 24 heavy (non-hydrogen) atoms. The van der Waals surface area contributed by atoms with Gasteiger partial charge >= 0.3 is 0 Å². The highest BCUT2D eigenvalue weighted by Gasteiger charge is 2.21. The molecule has 2 aliphatic heterocycles. The first-order chi connectivity index (χ1) is 11.7. The SMILES string of the molecule is O=C(CN1CCN(Cc2ccccc2F)CC1)NCC1CCCO1. The molecule has 0 spiro atoms. The van der Waals surface area contributed by atoms with Crippen molar-refractivity contribution in [3.63, 3.8) is 0 Å². The van der Waals surface area contributed by atoms with Crippen molar-refractivity contribution in [1.29, 1.82) is 0 Å². The van der Waals surface area contributed by atoms with E-state index in [1.807, 2.05) is 12.1 Å². The lowest BCUT2D eigenvalue weighted by molar-refractivity contribution is -0.123. The molecule has 0 bridgehead atoms. The predicted molar refractivity (Wildman–Crippen MR) is 90.1 cm³/mol. The van der Waals surface area contributed by atoms with Crippen LogP contribution in [0.5, 0.6) is 0 Å². The van der Waals surface area contributed by atoms with Gasteiger partial charge in [0.15, 0.2) is 0 Å². The Labute approximate surface area is 142 Å². The molecular weight excluding hydrogens is 309 g/mol. The number of rotatable bonds is 6. The van der Waals surface area contributed by atoms with Crippen molar-refractivity contribution in [2.45, 2.75) is 25.5 Å². The van der Waals surface area contributed by atoms with Crippen LogP contribution in [-0.2, 0) is 16.1 Å². The molecule has 5 nitrogen and oxygen atoms in total. The van der Waals surface area contributed by atoms with Crippen LogP contribution < -0.4 is 5.32 Å². The molecule has 132 valence electrons. The maximum Gasteiger partial charge on any atom is 0.234 e. The van der Waals surface area contributed by atoms with Crippen molar-refractivity contribution in [2.24, 2.45) is 0 Å². The van der Waals surface area contributed by atoms with E-state index in [1.54, 1.807) is 6.07 Å². The Morgan fingerprint density at radius 1 is 1.21 bits per heavy atom. The second-order valence-corrected chi connectivity index (χ2v) is 6.58. The Hall–Kier alpha value is -1.50. The molecule has 0 aromatic heterocycles. The molecule has 2 fully saturated rings. The summed E-state index contributed by atoms with van der Waals surface area (Å²) in [4.78, 5) is 16.4. The zero-order chi connectivity index (χ0) is 16.8. The monoisotopic (exact) mass is 335 g/mol. The number of amides is 1. The Morgan fingerprint density at radius 3 is 2.67 bits per heavy atom. The molecule has 0 saturated carbocycles. The standard InChI is InChI=1S/C18H26FN3O2/c19-17-6-2-1-4-15(17)13-21-7-9-22(10-8-21)14-18(23)20-12-16-5-3-11-24-16/h1-2,4,6,16H,3,5,7-14H2,(H,20,23). The number of benzene rings is 1. The third-order valence-electron chi connectivity index (χ3n) is 4.73. The Morgan fingerprint density at radius 2 is 1.96 bits per heavy atom. The second kappa shape index (κ2) is 8.55. The number of piperazine rings is 1. The molecule has 2 aliphatic rings. The average Bonchev–Trinajstić information content (AvgIpc) is 3.10. The minimum Gasteiger partial charge on any atom is -0.376 e. The van der Waals surface area contributed by atoms with E-state index in [0.717, 1.165) is 51.2 Å². The summed E-state index contributed by atoms with van der Waals surface area (Å²) in [5.41, 5.74) is 0.736. The third-order valence-corrected chi connectivity index (χ3v) is 4.73. The van der Waals surface area contributed by atoms with Gasteiger partial charge in [-0.15, -0.1) is 0 Å². The van der Waals surface area contributed by atoms with E-state index in [-0.39, 0.29) is 17.8 Å². The van der Waals surface area contributed by atoms with E-state index >= 15 is 0 Å². The molecule has 1 amide bonds. The molecule has 1 N–H and O–H groups in total. The van der Waals surface area contributed by atoms with Crippen molar-refractivity contribution in [1.82, 2.24) is 15.1 Å². The number of carbonyl (C=O) groups is 1. The van der Waals surface area contributed by atoms with Gasteiger partial charge in [0.2, 0.25) is 5.91 Å². The Bertz CT molecular complexity index is 541. The van der Waals surface area contributed by atoms with Crippen LogP contribution in [0.3, 0.4) is 0 Å². The summed E-state index contributed by atoms with van der Waals surface area (Å²) in [6.07, 6.45) is 2.31. The Kier molecular flexibility index (Phi) is 6.18. The lowest BCUT2D eigenvalue weighted by Crippen LogP contribution is -2.49. The van der Waals surface area contributed by atoms with Crippen LogP contribution >= 0.6 is 0 Å². The van der Waals surface area contributed by atoms with E-state index < -0.39 is 0 Å². The molecule has 1 aromatic rings. The highest BCUT2D eigenvalue weighted by atomic mass is 19.1. The topological polar surface area (TPSA) is 44.8 Å². The van der Waals surface area contributed by atoms with Crippen molar-refractivity contribution in [3.8, 4) is 0 Å². The zero-order valence-corrected chi connectivity index (χ0v) is 14.0. The van der Waals surface area contributed by atoms with Gasteiger partial charge in [-0.3, -0.25) is 14.6 Å². The van der Waals surface area contributed by atoms with Crippen LogP contribution in [0.1, 0.15) is 18.4 Å². The van der Waals surface area contributed by atoms with Crippen molar-refractivity contribution >= 4 is 5.91 Å². The first-order valence-electron chi connectivity index (χ1n) is 8.77. The fourth-order valence-electron chi connectivity index (χ4n) is 3.27. The number of ether oxygens (including phenoxy) is 1. The summed E-state index contributed by atoms with van der Waals surface area (Å²) in [5, 5.41) is 2.96. The molecule has 0 radical (unpaired) electrons. The normalized spacial score (nSPS) is 22.6. The number of hydrogen-bond donors (Lipinski definition) is 1. The summed E-state index contributed by atoms with van der Waals surface area (Å²) < 4.78 is 19.2. The fourth-order valence-corrected chi connectivity index (χ4v) is 3.27. The predicted octanol–water partition coefficient (Wildman–Crippen LogP) is 1.24. The molecule has 1 atom stereocenters. The number of carbonyl (C=O) groups excluding carboxylic acids is 1. The van der Waals surface area contributed by atoms with Crippen LogP contribution in [0.2, 0.25) is 0 Å². The largest absolute Gasteiger partial charge is 0.376 e. The van der Waals surface area contributed by atoms with Gasteiger partial charge in [0.1, 0.15) is 5.82 Å². The smallest absolute Gasteiger partial charge is 0.234 e. The van der Waals surface area contributed by atoms with Gasteiger partial charge in [0.25, 0.3) is 0 Å². The highest BCUT2D eigenvalue weighted by Crippen LogP contribution is 2.12. The molecule has 3 rings (SSSR count). The number of hydrogen-bond acceptors (Lipinski definition) is 4. The highest BCUT2D eigenvalue weighted by molar-refractivity contribution is 5.78. The maximum absolute atomic E-state index is 13.7. The van der Waals surface area contributed by atoms with Crippen LogP contribution in [0.4, 0.5) is 4.39 Å². The van der Waals surface area contributed by atoms with E-state index in [1.165, 1.54) is 6.07 Å².